The lowest BCUT2D eigenvalue weighted by atomic mass is 10.1. The number of carbonyl (C=O) groups excluding carboxylic acids is 1. The summed E-state index contributed by atoms with van der Waals surface area (Å²) >= 11 is 0. The maximum absolute atomic E-state index is 12.5. The van der Waals surface area contributed by atoms with Crippen LogP contribution in [0, 0.1) is 0 Å². The Labute approximate surface area is 201 Å². The molecule has 1 aliphatic heterocycles. The molecule has 2 N–H and O–H groups in total. The number of piperazine rings is 1. The number of nitrogens with one attached hydrogen (secondary N) is 2. The molecule has 0 saturated carbocycles. The second kappa shape index (κ2) is 12.5. The summed E-state index contributed by atoms with van der Waals surface area (Å²) in [5.74, 6) is 1.90. The summed E-state index contributed by atoms with van der Waals surface area (Å²) in [6.07, 6.45) is 0.436. The molecule has 0 bridgehead atoms. The first kappa shape index (κ1) is 25.0. The van der Waals surface area contributed by atoms with Gasteiger partial charge in [-0.1, -0.05) is 37.2 Å². The van der Waals surface area contributed by atoms with Gasteiger partial charge in [0.05, 0.1) is 12.2 Å². The Hall–Kier alpha value is -2.30. The van der Waals surface area contributed by atoms with Crippen LogP contribution in [0.2, 0.25) is 0 Å². The molecular formula is C22H33IN6O2. The molecule has 170 valence electrons. The van der Waals surface area contributed by atoms with Crippen molar-refractivity contribution in [2.45, 2.75) is 32.7 Å². The van der Waals surface area contributed by atoms with Gasteiger partial charge in [-0.05, 0) is 18.1 Å². The molecule has 2 heterocycles. The molecule has 0 spiro atoms. The highest BCUT2D eigenvalue weighted by Crippen LogP contribution is 2.16. The van der Waals surface area contributed by atoms with Crippen molar-refractivity contribution in [2.24, 2.45) is 4.99 Å². The average Bonchev–Trinajstić information content (AvgIpc) is 3.26. The van der Waals surface area contributed by atoms with E-state index in [1.54, 1.807) is 7.05 Å². The zero-order chi connectivity index (χ0) is 21.3. The van der Waals surface area contributed by atoms with Crippen molar-refractivity contribution in [2.75, 3.05) is 44.7 Å². The van der Waals surface area contributed by atoms with Gasteiger partial charge in [0.1, 0.15) is 0 Å². The van der Waals surface area contributed by atoms with E-state index in [1.165, 1.54) is 5.69 Å². The molecule has 9 heteroatoms. The number of aliphatic imine (C=N–C) groups is 1. The smallest absolute Gasteiger partial charge is 0.224 e. The molecule has 1 aromatic heterocycles. The molecule has 1 aromatic carbocycles. The lowest BCUT2D eigenvalue weighted by molar-refractivity contribution is -0.131. The number of benzene rings is 1. The van der Waals surface area contributed by atoms with Crippen molar-refractivity contribution < 1.29 is 9.32 Å². The first-order valence-corrected chi connectivity index (χ1v) is 10.5. The van der Waals surface area contributed by atoms with Crippen LogP contribution in [0.1, 0.15) is 37.6 Å². The molecule has 31 heavy (non-hydrogen) atoms. The Balaban J connectivity index is 0.00000341. The van der Waals surface area contributed by atoms with Crippen LogP contribution in [-0.4, -0.2) is 61.7 Å². The molecule has 1 saturated heterocycles. The minimum atomic E-state index is 0. The summed E-state index contributed by atoms with van der Waals surface area (Å²) in [5.41, 5.74) is 2.15. The quantitative estimate of drug-likeness (QED) is 0.319. The van der Waals surface area contributed by atoms with Gasteiger partial charge in [-0.15, -0.1) is 24.0 Å². The Morgan fingerprint density at radius 1 is 1.16 bits per heavy atom. The minimum Gasteiger partial charge on any atom is -0.368 e. The SMILES string of the molecule is CN=C(NCCC(=O)N1CCN(c2ccccc2)CC1)NCc1cc(C(C)C)no1.I. The molecular weight excluding hydrogens is 507 g/mol. The molecule has 0 atom stereocenters. The van der Waals surface area contributed by atoms with Crippen LogP contribution in [0.3, 0.4) is 0 Å². The fourth-order valence-corrected chi connectivity index (χ4v) is 3.37. The first-order chi connectivity index (χ1) is 14.6. The van der Waals surface area contributed by atoms with Crippen LogP contribution in [0.4, 0.5) is 5.69 Å². The second-order valence-corrected chi connectivity index (χ2v) is 7.68. The number of carbonyl (C=O) groups is 1. The Morgan fingerprint density at radius 3 is 2.48 bits per heavy atom. The maximum Gasteiger partial charge on any atom is 0.224 e. The van der Waals surface area contributed by atoms with E-state index < -0.39 is 0 Å². The number of hydrogen-bond donors (Lipinski definition) is 2. The van der Waals surface area contributed by atoms with Crippen molar-refractivity contribution >= 4 is 41.5 Å². The lowest BCUT2D eigenvalue weighted by Gasteiger charge is -2.36. The van der Waals surface area contributed by atoms with Crippen molar-refractivity contribution in [3.63, 3.8) is 0 Å². The summed E-state index contributed by atoms with van der Waals surface area (Å²) in [5, 5.41) is 10.4. The number of anilines is 1. The maximum atomic E-state index is 12.5. The van der Waals surface area contributed by atoms with Gasteiger partial charge in [0.25, 0.3) is 0 Å². The Morgan fingerprint density at radius 2 is 1.87 bits per heavy atom. The fourth-order valence-electron chi connectivity index (χ4n) is 3.37. The summed E-state index contributed by atoms with van der Waals surface area (Å²) in [7, 11) is 1.71. The molecule has 0 aliphatic carbocycles. The third-order valence-corrected chi connectivity index (χ3v) is 5.21. The van der Waals surface area contributed by atoms with E-state index in [0.717, 1.165) is 37.6 Å². The first-order valence-electron chi connectivity index (χ1n) is 10.5. The normalized spacial score (nSPS) is 14.4. The highest BCUT2D eigenvalue weighted by atomic mass is 127. The van der Waals surface area contributed by atoms with E-state index >= 15 is 0 Å². The minimum absolute atomic E-state index is 0. The van der Waals surface area contributed by atoms with Crippen molar-refractivity contribution in [3.05, 3.63) is 47.9 Å². The Kier molecular flexibility index (Phi) is 10.1. The summed E-state index contributed by atoms with van der Waals surface area (Å²) in [6.45, 7) is 8.42. The number of nitrogens with zero attached hydrogens (tertiary/aromatic N) is 4. The number of para-hydroxylation sites is 1. The molecule has 1 aliphatic rings. The van der Waals surface area contributed by atoms with Gasteiger partial charge in [0.15, 0.2) is 11.7 Å². The van der Waals surface area contributed by atoms with Crippen LogP contribution < -0.4 is 15.5 Å². The summed E-state index contributed by atoms with van der Waals surface area (Å²) in [4.78, 5) is 21.0. The predicted molar refractivity (Wildman–Crippen MR) is 134 cm³/mol. The molecule has 0 unspecified atom stereocenters. The molecule has 1 amide bonds. The van der Waals surface area contributed by atoms with Crippen molar-refractivity contribution in [1.29, 1.82) is 0 Å². The van der Waals surface area contributed by atoms with Crippen LogP contribution >= 0.6 is 24.0 Å². The third-order valence-electron chi connectivity index (χ3n) is 5.21. The average molecular weight is 540 g/mol. The van der Waals surface area contributed by atoms with Gasteiger partial charge < -0.3 is 25.0 Å². The predicted octanol–water partition coefficient (Wildman–Crippen LogP) is 2.82. The van der Waals surface area contributed by atoms with Gasteiger partial charge in [-0.3, -0.25) is 9.79 Å². The van der Waals surface area contributed by atoms with Gasteiger partial charge in [-0.2, -0.15) is 0 Å². The van der Waals surface area contributed by atoms with E-state index in [9.17, 15) is 4.79 Å². The molecule has 3 rings (SSSR count). The van der Waals surface area contributed by atoms with Crippen molar-refractivity contribution in [3.8, 4) is 0 Å². The van der Waals surface area contributed by atoms with E-state index in [-0.39, 0.29) is 29.9 Å². The molecule has 0 radical (unpaired) electrons. The van der Waals surface area contributed by atoms with E-state index in [4.69, 9.17) is 4.52 Å². The highest BCUT2D eigenvalue weighted by Gasteiger charge is 2.20. The molecule has 2 aromatic rings. The monoisotopic (exact) mass is 540 g/mol. The van der Waals surface area contributed by atoms with Crippen LogP contribution in [-0.2, 0) is 11.3 Å². The summed E-state index contributed by atoms with van der Waals surface area (Å²) < 4.78 is 5.32. The van der Waals surface area contributed by atoms with E-state index in [2.05, 4.69) is 51.7 Å². The van der Waals surface area contributed by atoms with Crippen LogP contribution in [0.15, 0.2) is 45.9 Å². The second-order valence-electron chi connectivity index (χ2n) is 7.68. The Bertz CT molecular complexity index is 832. The fraction of sp³-hybridized carbons (Fsp3) is 0.500. The van der Waals surface area contributed by atoms with E-state index in [1.807, 2.05) is 29.2 Å². The number of aromatic nitrogens is 1. The number of halogens is 1. The van der Waals surface area contributed by atoms with E-state index in [0.29, 0.717) is 31.4 Å². The number of hydrogen-bond acceptors (Lipinski definition) is 5. The van der Waals surface area contributed by atoms with Crippen molar-refractivity contribution in [1.82, 2.24) is 20.7 Å². The van der Waals surface area contributed by atoms with Gasteiger partial charge in [0, 0.05) is 57.9 Å². The highest BCUT2D eigenvalue weighted by molar-refractivity contribution is 14.0. The number of guanidine groups is 1. The summed E-state index contributed by atoms with van der Waals surface area (Å²) in [6, 6.07) is 12.3. The lowest BCUT2D eigenvalue weighted by Crippen LogP contribution is -2.49. The topological polar surface area (TPSA) is 86.0 Å². The number of amides is 1. The molecule has 1 fully saturated rings. The van der Waals surface area contributed by atoms with Crippen LogP contribution in [0.5, 0.6) is 0 Å². The van der Waals surface area contributed by atoms with Gasteiger partial charge in [-0.25, -0.2) is 0 Å². The number of rotatable bonds is 7. The zero-order valence-corrected chi connectivity index (χ0v) is 20.8. The largest absolute Gasteiger partial charge is 0.368 e. The third kappa shape index (κ3) is 7.41. The zero-order valence-electron chi connectivity index (χ0n) is 18.5. The van der Waals surface area contributed by atoms with Crippen LogP contribution in [0.25, 0.3) is 0 Å². The standard InChI is InChI=1S/C22H32N6O2.HI/c1-17(2)20-15-19(30-26-20)16-25-22(23-3)24-10-9-21(29)28-13-11-27(12-14-28)18-7-5-4-6-8-18;/h4-8,15,17H,9-14,16H2,1-3H3,(H2,23,24,25);1H. The molecule has 8 nitrogen and oxygen atoms in total. The van der Waals surface area contributed by atoms with Gasteiger partial charge in [0.2, 0.25) is 5.91 Å². The van der Waals surface area contributed by atoms with Gasteiger partial charge >= 0.3 is 0 Å².